The molecule has 0 spiro atoms. The molecule has 4 heterocycles. The fraction of sp³-hybridized carbons (Fsp3) is 0.368. The summed E-state index contributed by atoms with van der Waals surface area (Å²) in [7, 11) is -3.64. The van der Waals surface area contributed by atoms with Gasteiger partial charge in [-0.2, -0.15) is 14.6 Å². The van der Waals surface area contributed by atoms with Crippen LogP contribution in [0.5, 0.6) is 0 Å². The summed E-state index contributed by atoms with van der Waals surface area (Å²) in [6.45, 7) is 3.12. The maximum atomic E-state index is 13.0. The summed E-state index contributed by atoms with van der Waals surface area (Å²) in [6.07, 6.45) is 2.75. The zero-order valence-electron chi connectivity index (χ0n) is 15.8. The minimum atomic E-state index is -3.64. The van der Waals surface area contributed by atoms with Gasteiger partial charge in [-0.25, -0.2) is 8.42 Å². The summed E-state index contributed by atoms with van der Waals surface area (Å²) in [5.41, 5.74) is 0.0889. The van der Waals surface area contributed by atoms with Crippen molar-refractivity contribution in [3.05, 3.63) is 39.9 Å². The number of aromatic nitrogens is 1. The Hall–Kier alpha value is -2.61. The van der Waals surface area contributed by atoms with Crippen LogP contribution in [0, 0.1) is 18.3 Å². The molecule has 0 amide bonds. The highest BCUT2D eigenvalue weighted by atomic mass is 32.2. The van der Waals surface area contributed by atoms with Crippen LogP contribution in [-0.4, -0.2) is 30.8 Å². The van der Waals surface area contributed by atoms with Gasteiger partial charge >= 0.3 is 0 Å². The number of oxazole rings is 1. The Morgan fingerprint density at radius 1 is 1.31 bits per heavy atom. The van der Waals surface area contributed by atoms with Crippen molar-refractivity contribution in [2.24, 2.45) is 0 Å². The van der Waals surface area contributed by atoms with Gasteiger partial charge in [-0.05, 0) is 31.2 Å². The lowest BCUT2D eigenvalue weighted by Crippen LogP contribution is -2.35. The van der Waals surface area contributed by atoms with Crippen molar-refractivity contribution >= 4 is 27.2 Å². The summed E-state index contributed by atoms with van der Waals surface area (Å²) in [6, 6.07) is 7.32. The van der Waals surface area contributed by atoms with E-state index in [1.54, 1.807) is 18.3 Å². The van der Waals surface area contributed by atoms with E-state index < -0.39 is 10.0 Å². The van der Waals surface area contributed by atoms with Crippen molar-refractivity contribution in [2.45, 2.75) is 37.6 Å². The van der Waals surface area contributed by atoms with Crippen LogP contribution in [0.15, 0.2) is 37.3 Å². The standard InChI is InChI=1S/C19H20N4O4S2/c1-13-17(29(24,25)23-7-3-2-4-8-23)10-16(26-13)19-22-15(11-20)18(27-19)21-12-14-6-5-9-28-14/h5-6,9-10,21H,2-4,7-8,12H2,1H3. The van der Waals surface area contributed by atoms with E-state index in [1.807, 2.05) is 23.6 Å². The van der Waals surface area contributed by atoms with Gasteiger partial charge in [0.05, 0.1) is 6.54 Å². The molecule has 0 saturated carbocycles. The smallest absolute Gasteiger partial charge is 0.266 e. The lowest BCUT2D eigenvalue weighted by atomic mass is 10.2. The third-order valence-corrected chi connectivity index (χ3v) is 7.63. The quantitative estimate of drug-likeness (QED) is 0.627. The molecule has 29 heavy (non-hydrogen) atoms. The molecule has 3 aromatic heterocycles. The van der Waals surface area contributed by atoms with Crippen LogP contribution in [-0.2, 0) is 16.6 Å². The SMILES string of the molecule is Cc1oc(-c2nc(C#N)c(NCc3cccs3)o2)cc1S(=O)(=O)N1CCCCC1. The molecule has 1 saturated heterocycles. The van der Waals surface area contributed by atoms with Crippen LogP contribution in [0.1, 0.15) is 35.6 Å². The van der Waals surface area contributed by atoms with E-state index in [-0.39, 0.29) is 33.9 Å². The third-order valence-electron chi connectivity index (χ3n) is 4.75. The summed E-state index contributed by atoms with van der Waals surface area (Å²) in [5, 5.41) is 14.4. The highest BCUT2D eigenvalue weighted by Crippen LogP contribution is 2.33. The van der Waals surface area contributed by atoms with Gasteiger partial charge in [-0.15, -0.1) is 11.3 Å². The number of sulfonamides is 1. The van der Waals surface area contributed by atoms with Crippen LogP contribution in [0.3, 0.4) is 0 Å². The molecule has 4 rings (SSSR count). The molecule has 0 unspecified atom stereocenters. The predicted octanol–water partition coefficient (Wildman–Crippen LogP) is 3.96. The number of piperidine rings is 1. The number of nitriles is 1. The van der Waals surface area contributed by atoms with Crippen LogP contribution in [0.25, 0.3) is 11.7 Å². The Morgan fingerprint density at radius 3 is 2.79 bits per heavy atom. The molecule has 1 N–H and O–H groups in total. The largest absolute Gasteiger partial charge is 0.455 e. The van der Waals surface area contributed by atoms with E-state index in [0.29, 0.717) is 19.6 Å². The molecule has 0 bridgehead atoms. The van der Waals surface area contributed by atoms with Gasteiger partial charge < -0.3 is 14.2 Å². The number of anilines is 1. The van der Waals surface area contributed by atoms with Crippen molar-refractivity contribution in [3.63, 3.8) is 0 Å². The van der Waals surface area contributed by atoms with E-state index in [1.165, 1.54) is 10.4 Å². The summed E-state index contributed by atoms with van der Waals surface area (Å²) in [4.78, 5) is 5.35. The fourth-order valence-electron chi connectivity index (χ4n) is 3.27. The minimum Gasteiger partial charge on any atom is -0.455 e. The van der Waals surface area contributed by atoms with E-state index in [0.717, 1.165) is 24.1 Å². The van der Waals surface area contributed by atoms with Crippen molar-refractivity contribution in [1.29, 1.82) is 5.26 Å². The molecule has 1 aliphatic rings. The topological polar surface area (TPSA) is 112 Å². The number of nitrogens with zero attached hydrogens (tertiary/aromatic N) is 3. The van der Waals surface area contributed by atoms with Crippen LogP contribution < -0.4 is 5.32 Å². The zero-order chi connectivity index (χ0) is 20.4. The summed E-state index contributed by atoms with van der Waals surface area (Å²) >= 11 is 1.58. The zero-order valence-corrected chi connectivity index (χ0v) is 17.5. The lowest BCUT2D eigenvalue weighted by Gasteiger charge is -2.25. The first-order valence-electron chi connectivity index (χ1n) is 9.27. The molecule has 0 aromatic carbocycles. The lowest BCUT2D eigenvalue weighted by molar-refractivity contribution is 0.346. The van der Waals surface area contributed by atoms with Crippen LogP contribution in [0.2, 0.25) is 0 Å². The second kappa shape index (κ2) is 8.02. The monoisotopic (exact) mass is 432 g/mol. The fourth-order valence-corrected chi connectivity index (χ4v) is 5.60. The number of thiophene rings is 1. The Balaban J connectivity index is 1.61. The van der Waals surface area contributed by atoms with Gasteiger partial charge in [0.15, 0.2) is 5.76 Å². The first kappa shape index (κ1) is 19.7. The molecular formula is C19H20N4O4S2. The Bertz CT molecular complexity index is 1130. The third kappa shape index (κ3) is 3.94. The molecule has 1 fully saturated rings. The second-order valence-electron chi connectivity index (χ2n) is 6.74. The Morgan fingerprint density at radius 2 is 2.10 bits per heavy atom. The van der Waals surface area contributed by atoms with E-state index in [9.17, 15) is 13.7 Å². The molecule has 3 aromatic rings. The van der Waals surface area contributed by atoms with Gasteiger partial charge in [0.2, 0.25) is 21.6 Å². The second-order valence-corrected chi connectivity index (χ2v) is 9.68. The van der Waals surface area contributed by atoms with Gasteiger partial charge in [0, 0.05) is 24.0 Å². The maximum absolute atomic E-state index is 13.0. The first-order chi connectivity index (χ1) is 14.0. The number of rotatable bonds is 6. The molecule has 0 atom stereocenters. The molecule has 0 radical (unpaired) electrons. The van der Waals surface area contributed by atoms with Crippen molar-refractivity contribution < 1.29 is 17.3 Å². The molecule has 152 valence electrons. The predicted molar refractivity (Wildman–Crippen MR) is 108 cm³/mol. The van der Waals surface area contributed by atoms with Crippen molar-refractivity contribution in [1.82, 2.24) is 9.29 Å². The number of aryl methyl sites for hydroxylation is 1. The molecule has 10 heteroatoms. The van der Waals surface area contributed by atoms with E-state index >= 15 is 0 Å². The average molecular weight is 433 g/mol. The summed E-state index contributed by atoms with van der Waals surface area (Å²) in [5.74, 6) is 0.748. The van der Waals surface area contributed by atoms with Gasteiger partial charge in [-0.3, -0.25) is 0 Å². The summed E-state index contributed by atoms with van der Waals surface area (Å²) < 4.78 is 38.7. The number of nitrogens with one attached hydrogen (secondary N) is 1. The molecule has 8 nitrogen and oxygen atoms in total. The van der Waals surface area contributed by atoms with Crippen LogP contribution in [0.4, 0.5) is 5.88 Å². The molecule has 1 aliphatic heterocycles. The highest BCUT2D eigenvalue weighted by molar-refractivity contribution is 7.89. The Kier molecular flexibility index (Phi) is 5.45. The maximum Gasteiger partial charge on any atom is 0.266 e. The number of furan rings is 1. The normalized spacial score (nSPS) is 15.3. The van der Waals surface area contributed by atoms with Gasteiger partial charge in [0.1, 0.15) is 16.7 Å². The molecule has 0 aliphatic carbocycles. The Labute approximate surface area is 172 Å². The van der Waals surface area contributed by atoms with Gasteiger partial charge in [-0.1, -0.05) is 12.5 Å². The average Bonchev–Trinajstić information content (AvgIpc) is 3.46. The van der Waals surface area contributed by atoms with Crippen LogP contribution >= 0.6 is 11.3 Å². The van der Waals surface area contributed by atoms with Gasteiger partial charge in [0.25, 0.3) is 5.89 Å². The number of hydrogen-bond acceptors (Lipinski definition) is 8. The molecular weight excluding hydrogens is 412 g/mol. The number of hydrogen-bond donors (Lipinski definition) is 1. The minimum absolute atomic E-state index is 0.0680. The van der Waals surface area contributed by atoms with E-state index in [2.05, 4.69) is 10.3 Å². The van der Waals surface area contributed by atoms with Crippen molar-refractivity contribution in [2.75, 3.05) is 18.4 Å². The highest BCUT2D eigenvalue weighted by Gasteiger charge is 2.31. The first-order valence-corrected chi connectivity index (χ1v) is 11.6. The van der Waals surface area contributed by atoms with E-state index in [4.69, 9.17) is 8.83 Å². The van der Waals surface area contributed by atoms with Crippen molar-refractivity contribution in [3.8, 4) is 17.7 Å².